The van der Waals surface area contributed by atoms with Gasteiger partial charge in [-0.25, -0.2) is 14.8 Å². The molecule has 1 aromatic carbocycles. The van der Waals surface area contributed by atoms with Crippen LogP contribution in [0.3, 0.4) is 0 Å². The van der Waals surface area contributed by atoms with E-state index in [-0.39, 0.29) is 12.6 Å². The Morgan fingerprint density at radius 2 is 2.23 bits per heavy atom. The summed E-state index contributed by atoms with van der Waals surface area (Å²) in [6.07, 6.45) is 0. The third kappa shape index (κ3) is 2.77. The van der Waals surface area contributed by atoms with Crippen molar-refractivity contribution < 1.29 is 23.8 Å². The Morgan fingerprint density at radius 3 is 2.95 bits per heavy atom. The lowest BCUT2D eigenvalue weighted by Crippen LogP contribution is -2.21. The summed E-state index contributed by atoms with van der Waals surface area (Å²) in [5.74, 6) is -0.0377. The third-order valence-corrected chi connectivity index (χ3v) is 3.93. The highest BCUT2D eigenvalue weighted by Crippen LogP contribution is 2.28. The van der Waals surface area contributed by atoms with E-state index in [0.29, 0.717) is 16.7 Å². The first-order valence-corrected chi connectivity index (χ1v) is 7.26. The molecule has 8 heteroatoms. The molecule has 0 fully saturated rings. The van der Waals surface area contributed by atoms with Crippen LogP contribution in [0.2, 0.25) is 0 Å². The van der Waals surface area contributed by atoms with Crippen LogP contribution >= 0.6 is 11.3 Å². The zero-order chi connectivity index (χ0) is 15.7. The quantitative estimate of drug-likeness (QED) is 0.630. The Labute approximate surface area is 129 Å². The summed E-state index contributed by atoms with van der Waals surface area (Å²) >= 11 is 1.35. The van der Waals surface area contributed by atoms with Gasteiger partial charge in [-0.15, -0.1) is 11.3 Å². The van der Waals surface area contributed by atoms with Gasteiger partial charge in [0.15, 0.2) is 11.0 Å². The Morgan fingerprint density at radius 1 is 1.41 bits per heavy atom. The van der Waals surface area contributed by atoms with E-state index in [1.807, 2.05) is 0 Å². The Bertz CT molecular complexity index is 783. The number of esters is 2. The molecule has 3 rings (SSSR count). The van der Waals surface area contributed by atoms with Gasteiger partial charge in [0.2, 0.25) is 5.90 Å². The number of carbonyl (C=O) groups excluding carboxylic acids is 2. The summed E-state index contributed by atoms with van der Waals surface area (Å²) in [4.78, 5) is 31.0. The molecule has 0 saturated heterocycles. The molecule has 0 radical (unpaired) electrons. The Kier molecular flexibility index (Phi) is 3.76. The van der Waals surface area contributed by atoms with Crippen LogP contribution in [0.1, 0.15) is 11.9 Å². The normalized spacial score (nSPS) is 17.0. The lowest BCUT2D eigenvalue weighted by atomic mass is 10.3. The zero-order valence-electron chi connectivity index (χ0n) is 11.9. The van der Waals surface area contributed by atoms with E-state index in [0.717, 1.165) is 10.2 Å². The molecule has 1 atom stereocenters. The summed E-state index contributed by atoms with van der Waals surface area (Å²) in [6.45, 7) is 1.49. The lowest BCUT2D eigenvalue weighted by Gasteiger charge is -1.99. The van der Waals surface area contributed by atoms with E-state index < -0.39 is 12.0 Å². The summed E-state index contributed by atoms with van der Waals surface area (Å²) in [5, 5.41) is 0.571. The van der Waals surface area contributed by atoms with Gasteiger partial charge >= 0.3 is 11.9 Å². The molecule has 0 bridgehead atoms. The van der Waals surface area contributed by atoms with Crippen LogP contribution in [0.25, 0.3) is 10.2 Å². The second-order valence-corrected chi connectivity index (χ2v) is 5.56. The average Bonchev–Trinajstić information content (AvgIpc) is 3.11. The second-order valence-electron chi connectivity index (χ2n) is 4.53. The van der Waals surface area contributed by atoms with E-state index in [2.05, 4.69) is 14.7 Å². The van der Waals surface area contributed by atoms with Crippen molar-refractivity contribution in [1.82, 2.24) is 4.98 Å². The fourth-order valence-electron chi connectivity index (χ4n) is 1.97. The number of benzene rings is 1. The molecule has 1 aromatic heterocycles. The molecule has 0 N–H and O–H groups in total. The smallest absolute Gasteiger partial charge is 0.334 e. The molecule has 0 amide bonds. The van der Waals surface area contributed by atoms with Crippen molar-refractivity contribution in [2.75, 3.05) is 13.7 Å². The molecular formula is C14H12N2O5S. The molecule has 0 saturated carbocycles. The number of aliphatic imine (C=N–C) groups is 1. The predicted octanol–water partition coefficient (Wildman–Crippen LogP) is 1.54. The molecular weight excluding hydrogens is 308 g/mol. The van der Waals surface area contributed by atoms with E-state index in [4.69, 9.17) is 9.47 Å². The molecule has 1 aliphatic rings. The van der Waals surface area contributed by atoms with Crippen molar-refractivity contribution in [3.63, 3.8) is 0 Å². The van der Waals surface area contributed by atoms with Gasteiger partial charge in [-0.2, -0.15) is 0 Å². The van der Waals surface area contributed by atoms with Crippen LogP contribution in [0, 0.1) is 0 Å². The first-order chi connectivity index (χ1) is 10.6. The summed E-state index contributed by atoms with van der Waals surface area (Å²) in [6, 6.07) is 4.50. The largest absolute Gasteiger partial charge is 0.473 e. The van der Waals surface area contributed by atoms with Crippen LogP contribution in [0.4, 0.5) is 0 Å². The number of methoxy groups -OCH3 is 1. The molecule has 2 heterocycles. The number of fused-ring (bicyclic) bond motifs is 1. The van der Waals surface area contributed by atoms with Crippen LogP contribution in [0.15, 0.2) is 23.2 Å². The Hall–Kier alpha value is -2.48. The van der Waals surface area contributed by atoms with Crippen LogP contribution in [-0.2, 0) is 19.1 Å². The highest BCUT2D eigenvalue weighted by Gasteiger charge is 2.28. The van der Waals surface area contributed by atoms with Crippen LogP contribution in [-0.4, -0.2) is 42.6 Å². The number of rotatable bonds is 3. The summed E-state index contributed by atoms with van der Waals surface area (Å²) in [5.41, 5.74) is 0.740. The van der Waals surface area contributed by atoms with Gasteiger partial charge in [0.05, 0.1) is 17.3 Å². The minimum Gasteiger partial charge on any atom is -0.473 e. The fourth-order valence-corrected chi connectivity index (χ4v) is 2.92. The molecule has 2 aromatic rings. The molecule has 22 heavy (non-hydrogen) atoms. The number of hydrogen-bond acceptors (Lipinski definition) is 8. The second kappa shape index (κ2) is 5.72. The monoisotopic (exact) mass is 320 g/mol. The first-order valence-electron chi connectivity index (χ1n) is 6.44. The van der Waals surface area contributed by atoms with Gasteiger partial charge in [-0.05, 0) is 12.1 Å². The highest BCUT2D eigenvalue weighted by molar-refractivity contribution is 7.20. The van der Waals surface area contributed by atoms with Crippen LogP contribution in [0.5, 0.6) is 5.75 Å². The van der Waals surface area contributed by atoms with Gasteiger partial charge < -0.3 is 14.2 Å². The van der Waals surface area contributed by atoms with Crippen molar-refractivity contribution >= 4 is 39.4 Å². The van der Waals surface area contributed by atoms with E-state index in [1.165, 1.54) is 25.4 Å². The number of hydrogen-bond donors (Lipinski definition) is 0. The minimum atomic E-state index is -0.649. The van der Waals surface area contributed by atoms with Crippen molar-refractivity contribution in [2.45, 2.75) is 13.0 Å². The van der Waals surface area contributed by atoms with Crippen molar-refractivity contribution in [3.05, 3.63) is 23.2 Å². The van der Waals surface area contributed by atoms with Gasteiger partial charge in [0.1, 0.15) is 12.4 Å². The molecule has 0 spiro atoms. The van der Waals surface area contributed by atoms with E-state index >= 15 is 0 Å². The molecule has 1 aliphatic heterocycles. The van der Waals surface area contributed by atoms with Gasteiger partial charge in [0.25, 0.3) is 0 Å². The van der Waals surface area contributed by atoms with Crippen molar-refractivity contribution in [1.29, 1.82) is 0 Å². The maximum Gasteiger partial charge on any atom is 0.334 e. The zero-order valence-corrected chi connectivity index (χ0v) is 12.7. The van der Waals surface area contributed by atoms with Gasteiger partial charge in [-0.1, -0.05) is 0 Å². The first kappa shape index (κ1) is 14.5. The minimum absolute atomic E-state index is 0.149. The van der Waals surface area contributed by atoms with Gasteiger partial charge in [0, 0.05) is 13.0 Å². The van der Waals surface area contributed by atoms with E-state index in [9.17, 15) is 9.59 Å². The maximum atomic E-state index is 11.4. The number of aromatic nitrogens is 1. The Balaban J connectivity index is 1.89. The summed E-state index contributed by atoms with van der Waals surface area (Å²) < 4.78 is 15.9. The number of carbonyl (C=O) groups is 2. The van der Waals surface area contributed by atoms with E-state index in [1.54, 1.807) is 18.2 Å². The SMILES string of the molecule is COC(=O)[C@H]1COC(c2nc3ccc(OC(C)=O)cc3s2)=N1. The van der Waals surface area contributed by atoms with Crippen LogP contribution < -0.4 is 4.74 Å². The van der Waals surface area contributed by atoms with Gasteiger partial charge in [-0.3, -0.25) is 4.79 Å². The number of thiazole rings is 1. The number of nitrogens with zero attached hydrogens (tertiary/aromatic N) is 2. The van der Waals surface area contributed by atoms with Crippen molar-refractivity contribution in [2.24, 2.45) is 4.99 Å². The third-order valence-electron chi connectivity index (χ3n) is 2.93. The molecule has 0 aliphatic carbocycles. The lowest BCUT2D eigenvalue weighted by molar-refractivity contribution is -0.142. The number of ether oxygens (including phenoxy) is 3. The standard InChI is InChI=1S/C14H12N2O5S/c1-7(17)21-8-3-4-9-11(5-8)22-13(16-9)12-15-10(6-20-12)14(18)19-2/h3-5,10H,6H2,1-2H3/t10-/m1/s1. The topological polar surface area (TPSA) is 87.1 Å². The molecule has 0 unspecified atom stereocenters. The highest BCUT2D eigenvalue weighted by atomic mass is 32.1. The predicted molar refractivity (Wildman–Crippen MR) is 79.2 cm³/mol. The fraction of sp³-hybridized carbons (Fsp3) is 0.286. The maximum absolute atomic E-state index is 11.4. The summed E-state index contributed by atoms with van der Waals surface area (Å²) in [7, 11) is 1.31. The molecule has 114 valence electrons. The average molecular weight is 320 g/mol. The van der Waals surface area contributed by atoms with Crippen molar-refractivity contribution in [3.8, 4) is 5.75 Å². The molecule has 7 nitrogen and oxygen atoms in total.